The largest absolute Gasteiger partial charge is 0.259 e. The van der Waals surface area contributed by atoms with Crippen molar-refractivity contribution < 1.29 is 0 Å². The van der Waals surface area contributed by atoms with Crippen molar-refractivity contribution in [3.63, 3.8) is 0 Å². The van der Waals surface area contributed by atoms with Gasteiger partial charge >= 0.3 is 0 Å². The molecule has 0 atom stereocenters. The molecule has 0 aliphatic heterocycles. The van der Waals surface area contributed by atoms with E-state index in [4.69, 9.17) is 22.2 Å². The molecule has 3 heteroatoms. The monoisotopic (exact) mass is 154 g/mol. The molecule has 0 saturated carbocycles. The number of hydrogen-bond acceptors (Lipinski definition) is 0. The Hall–Kier alpha value is 0.537. The average Bonchev–Trinajstić information content (AvgIpc) is 1.27. The van der Waals surface area contributed by atoms with Crippen LogP contribution in [0.1, 0.15) is 13.8 Å². The Kier molecular flexibility index (Phi) is 3.80. The fourth-order valence-corrected chi connectivity index (χ4v) is 2.27. The van der Waals surface area contributed by atoms with E-state index < -0.39 is 7.42 Å². The van der Waals surface area contributed by atoms with Gasteiger partial charge in [-0.2, -0.15) is 0 Å². The second-order valence-corrected chi connectivity index (χ2v) is 6.07. The van der Waals surface area contributed by atoms with Crippen molar-refractivity contribution in [2.75, 3.05) is 0 Å². The van der Waals surface area contributed by atoms with Crippen LogP contribution in [0.25, 0.3) is 0 Å². The van der Waals surface area contributed by atoms with E-state index in [-0.39, 0.29) is 0 Å². The number of allylic oxidation sites excluding steroid dienone is 1. The standard InChI is InChI=1S/C4H8Cl2Si/c1-4(2)3-7(5)6/h3,7H,1-2H3. The molecule has 0 aromatic heterocycles. The zero-order valence-corrected chi connectivity index (χ0v) is 7.08. The minimum atomic E-state index is -1.45. The third-order valence-electron chi connectivity index (χ3n) is 0.459. The van der Waals surface area contributed by atoms with E-state index in [2.05, 4.69) is 0 Å². The van der Waals surface area contributed by atoms with E-state index in [1.807, 2.05) is 19.5 Å². The molecule has 7 heavy (non-hydrogen) atoms. The summed E-state index contributed by atoms with van der Waals surface area (Å²) in [5.74, 6) is 0. The smallest absolute Gasteiger partial charge is 0.145 e. The predicted octanol–water partition coefficient (Wildman–Crippen LogP) is 2.19. The van der Waals surface area contributed by atoms with E-state index >= 15 is 0 Å². The van der Waals surface area contributed by atoms with E-state index in [0.29, 0.717) is 0 Å². The van der Waals surface area contributed by atoms with Crippen molar-refractivity contribution in [2.24, 2.45) is 0 Å². The molecule has 0 unspecified atom stereocenters. The molecule has 0 fully saturated rings. The van der Waals surface area contributed by atoms with Gasteiger partial charge in [0.1, 0.15) is 0 Å². The van der Waals surface area contributed by atoms with Crippen LogP contribution in [0.15, 0.2) is 11.3 Å². The first-order valence-electron chi connectivity index (χ1n) is 2.06. The lowest BCUT2D eigenvalue weighted by Crippen LogP contribution is -1.84. The van der Waals surface area contributed by atoms with Crippen LogP contribution in [0, 0.1) is 0 Å². The van der Waals surface area contributed by atoms with Gasteiger partial charge in [0, 0.05) is 0 Å². The summed E-state index contributed by atoms with van der Waals surface area (Å²) in [5.41, 5.74) is 3.13. The van der Waals surface area contributed by atoms with Crippen molar-refractivity contribution in [2.45, 2.75) is 13.8 Å². The van der Waals surface area contributed by atoms with Crippen LogP contribution in [-0.4, -0.2) is 7.42 Å². The molecule has 0 aliphatic rings. The fourth-order valence-electron chi connectivity index (χ4n) is 0.252. The van der Waals surface area contributed by atoms with Gasteiger partial charge in [0.05, 0.1) is 0 Å². The minimum absolute atomic E-state index is 1.21. The van der Waals surface area contributed by atoms with Gasteiger partial charge < -0.3 is 0 Å². The molecule has 0 N–H and O–H groups in total. The van der Waals surface area contributed by atoms with Gasteiger partial charge in [-0.05, 0) is 13.8 Å². The van der Waals surface area contributed by atoms with Gasteiger partial charge in [0.15, 0.2) is 0 Å². The van der Waals surface area contributed by atoms with Crippen molar-refractivity contribution in [3.05, 3.63) is 11.3 Å². The summed E-state index contributed by atoms with van der Waals surface area (Å²) in [5, 5.41) is 0. The third kappa shape index (κ3) is 6.54. The maximum absolute atomic E-state index is 5.50. The van der Waals surface area contributed by atoms with Crippen molar-refractivity contribution >= 4 is 29.6 Å². The van der Waals surface area contributed by atoms with Crippen LogP contribution in [0.2, 0.25) is 0 Å². The highest BCUT2D eigenvalue weighted by Crippen LogP contribution is 2.00. The molecular weight excluding hydrogens is 147 g/mol. The first-order valence-corrected chi connectivity index (χ1v) is 6.22. The maximum atomic E-state index is 5.50. The second-order valence-electron chi connectivity index (χ2n) is 1.58. The quantitative estimate of drug-likeness (QED) is 0.402. The molecule has 0 saturated heterocycles. The molecule has 42 valence electrons. The van der Waals surface area contributed by atoms with Crippen LogP contribution in [-0.2, 0) is 0 Å². The zero-order chi connectivity index (χ0) is 5.86. The molecule has 0 spiro atoms. The normalized spacial score (nSPS) is 9.29. The molecule has 0 amide bonds. The predicted molar refractivity (Wildman–Crippen MR) is 38.3 cm³/mol. The van der Waals surface area contributed by atoms with Gasteiger partial charge in [-0.3, -0.25) is 0 Å². The summed E-state index contributed by atoms with van der Waals surface area (Å²) < 4.78 is 0. The SMILES string of the molecule is CC(C)=C[SiH](Cl)Cl. The third-order valence-corrected chi connectivity index (χ3v) is 2.13. The molecular formula is C4H8Cl2Si. The Labute approximate surface area is 55.1 Å². The fraction of sp³-hybridized carbons (Fsp3) is 0.500. The Morgan fingerprint density at radius 2 is 1.86 bits per heavy atom. The zero-order valence-electron chi connectivity index (χ0n) is 4.41. The Bertz CT molecular complexity index is 73.8. The van der Waals surface area contributed by atoms with Gasteiger partial charge in [0.25, 0.3) is 7.42 Å². The Morgan fingerprint density at radius 1 is 1.43 bits per heavy atom. The molecule has 0 radical (unpaired) electrons. The first kappa shape index (κ1) is 7.54. The summed E-state index contributed by atoms with van der Waals surface area (Å²) >= 11 is 11.0. The highest BCUT2D eigenvalue weighted by molar-refractivity contribution is 7.36. The molecule has 0 nitrogen and oxygen atoms in total. The summed E-state index contributed by atoms with van der Waals surface area (Å²) in [6.45, 7) is 3.98. The maximum Gasteiger partial charge on any atom is 0.259 e. The molecule has 0 bridgehead atoms. The highest BCUT2D eigenvalue weighted by atomic mass is 35.7. The topological polar surface area (TPSA) is 0 Å². The van der Waals surface area contributed by atoms with Gasteiger partial charge in [0.2, 0.25) is 0 Å². The van der Waals surface area contributed by atoms with E-state index in [9.17, 15) is 0 Å². The number of halogens is 2. The average molecular weight is 155 g/mol. The summed E-state index contributed by atoms with van der Waals surface area (Å²) in [4.78, 5) is 0. The van der Waals surface area contributed by atoms with E-state index in [1.54, 1.807) is 0 Å². The highest BCUT2D eigenvalue weighted by Gasteiger charge is 1.92. The van der Waals surface area contributed by atoms with Crippen LogP contribution >= 0.6 is 22.2 Å². The summed E-state index contributed by atoms with van der Waals surface area (Å²) in [6.07, 6.45) is 0. The molecule has 0 aromatic carbocycles. The molecule has 0 aliphatic carbocycles. The number of hydrogen-bond donors (Lipinski definition) is 0. The summed E-state index contributed by atoms with van der Waals surface area (Å²) in [7, 11) is -1.45. The lowest BCUT2D eigenvalue weighted by Gasteiger charge is -1.86. The Morgan fingerprint density at radius 3 is 1.86 bits per heavy atom. The van der Waals surface area contributed by atoms with Crippen LogP contribution in [0.4, 0.5) is 0 Å². The van der Waals surface area contributed by atoms with Crippen LogP contribution < -0.4 is 0 Å². The minimum Gasteiger partial charge on any atom is -0.145 e. The molecule has 0 heterocycles. The van der Waals surface area contributed by atoms with Gasteiger partial charge in [-0.25, -0.2) is 0 Å². The van der Waals surface area contributed by atoms with Crippen molar-refractivity contribution in [1.29, 1.82) is 0 Å². The van der Waals surface area contributed by atoms with E-state index in [0.717, 1.165) is 0 Å². The van der Waals surface area contributed by atoms with Crippen LogP contribution in [0.5, 0.6) is 0 Å². The van der Waals surface area contributed by atoms with Crippen LogP contribution in [0.3, 0.4) is 0 Å². The van der Waals surface area contributed by atoms with Gasteiger partial charge in [-0.1, -0.05) is 11.3 Å². The Balaban J connectivity index is 3.45. The molecule has 0 aromatic rings. The van der Waals surface area contributed by atoms with Gasteiger partial charge in [-0.15, -0.1) is 22.2 Å². The summed E-state index contributed by atoms with van der Waals surface area (Å²) in [6, 6.07) is 0. The lowest BCUT2D eigenvalue weighted by molar-refractivity contribution is 1.41. The lowest BCUT2D eigenvalue weighted by atomic mass is 10.4. The number of rotatable bonds is 1. The van der Waals surface area contributed by atoms with Crippen molar-refractivity contribution in [3.8, 4) is 0 Å². The first-order chi connectivity index (χ1) is 3.13. The second kappa shape index (κ2) is 3.53. The van der Waals surface area contributed by atoms with Crippen molar-refractivity contribution in [1.82, 2.24) is 0 Å². The molecule has 0 rings (SSSR count). The van der Waals surface area contributed by atoms with E-state index in [1.165, 1.54) is 5.57 Å².